The summed E-state index contributed by atoms with van der Waals surface area (Å²) < 4.78 is 15.1. The second kappa shape index (κ2) is 8.23. The van der Waals surface area contributed by atoms with Crippen molar-refractivity contribution in [3.63, 3.8) is 0 Å². The van der Waals surface area contributed by atoms with Gasteiger partial charge in [-0.05, 0) is 55.2 Å². The van der Waals surface area contributed by atoms with Gasteiger partial charge in [-0.3, -0.25) is 9.59 Å². The number of benzene rings is 2. The largest absolute Gasteiger partial charge is 0.481 e. The summed E-state index contributed by atoms with van der Waals surface area (Å²) in [5.74, 6) is -2.37. The lowest BCUT2D eigenvalue weighted by Crippen LogP contribution is -2.30. The maximum absolute atomic E-state index is 15.1. The number of hydrogen-bond acceptors (Lipinski definition) is 5. The van der Waals surface area contributed by atoms with Crippen molar-refractivity contribution in [3.05, 3.63) is 83.3 Å². The van der Waals surface area contributed by atoms with Crippen LogP contribution in [0.5, 0.6) is 0 Å². The summed E-state index contributed by atoms with van der Waals surface area (Å²) in [6.45, 7) is 0.503. The van der Waals surface area contributed by atoms with Crippen molar-refractivity contribution < 1.29 is 19.1 Å². The van der Waals surface area contributed by atoms with Gasteiger partial charge in [0.05, 0.1) is 11.6 Å². The minimum atomic E-state index is -0.911. The number of pyridine rings is 1. The van der Waals surface area contributed by atoms with Crippen LogP contribution in [0.3, 0.4) is 0 Å². The fourth-order valence-electron chi connectivity index (χ4n) is 4.92. The molecule has 1 atom stereocenters. The molecular formula is C27H22FN3O3S. The molecule has 0 unspecified atom stereocenters. The average molecular weight is 488 g/mol. The van der Waals surface area contributed by atoms with Gasteiger partial charge in [0.1, 0.15) is 21.2 Å². The zero-order valence-corrected chi connectivity index (χ0v) is 19.6. The maximum Gasteiger partial charge on any atom is 0.308 e. The Balaban J connectivity index is 1.27. The van der Waals surface area contributed by atoms with Gasteiger partial charge in [-0.2, -0.15) is 0 Å². The summed E-state index contributed by atoms with van der Waals surface area (Å²) in [7, 11) is 0. The van der Waals surface area contributed by atoms with Gasteiger partial charge in [-0.15, -0.1) is 0 Å². The molecule has 8 heteroatoms. The van der Waals surface area contributed by atoms with E-state index in [-0.39, 0.29) is 23.4 Å². The molecule has 3 heterocycles. The Kier molecular flexibility index (Phi) is 5.14. The number of carbonyl (C=O) groups excluding carboxylic acids is 1. The first-order valence-electron chi connectivity index (χ1n) is 11.6. The van der Waals surface area contributed by atoms with Crippen LogP contribution in [0, 0.1) is 11.7 Å². The molecule has 6 rings (SSSR count). The highest BCUT2D eigenvalue weighted by Crippen LogP contribution is 2.53. The van der Waals surface area contributed by atoms with Crippen LogP contribution in [0.1, 0.15) is 40.9 Å². The molecule has 4 aromatic rings. The van der Waals surface area contributed by atoms with E-state index in [9.17, 15) is 9.59 Å². The predicted octanol–water partition coefficient (Wildman–Crippen LogP) is 5.12. The van der Waals surface area contributed by atoms with Crippen LogP contribution in [0.25, 0.3) is 20.9 Å². The number of thiazole rings is 1. The van der Waals surface area contributed by atoms with Gasteiger partial charge in [-0.25, -0.2) is 14.4 Å². The van der Waals surface area contributed by atoms with Gasteiger partial charge in [0.25, 0.3) is 5.91 Å². The third kappa shape index (κ3) is 3.78. The molecule has 0 bridgehead atoms. The van der Waals surface area contributed by atoms with E-state index < -0.39 is 17.7 Å². The standard InChI is InChI=1S/C27H22FN3O3S/c28-20-14-16(25(32)31-13-10-17(15-31)26(33)34)6-7-19(20)23-29-21-8-9-22(30-24(21)35-23)27(11-12-27)18-4-2-1-3-5-18/h1-9,14,17H,10-13,15H2,(H,33,34)/t17-/m1/s1. The number of nitrogens with zero attached hydrogens (tertiary/aromatic N) is 3. The van der Waals surface area contributed by atoms with Crippen molar-refractivity contribution in [2.24, 2.45) is 5.92 Å². The molecule has 0 radical (unpaired) electrons. The molecular weight excluding hydrogens is 465 g/mol. The minimum Gasteiger partial charge on any atom is -0.481 e. The first-order chi connectivity index (χ1) is 16.9. The summed E-state index contributed by atoms with van der Waals surface area (Å²) in [6, 6.07) is 18.7. The summed E-state index contributed by atoms with van der Waals surface area (Å²) in [6.07, 6.45) is 2.51. The van der Waals surface area contributed by atoms with Crippen LogP contribution in [-0.4, -0.2) is 44.9 Å². The number of aromatic nitrogens is 2. The Morgan fingerprint density at radius 2 is 1.86 bits per heavy atom. The Bertz CT molecular complexity index is 1470. The summed E-state index contributed by atoms with van der Waals surface area (Å²) in [5.41, 5.74) is 3.46. The van der Waals surface area contributed by atoms with Gasteiger partial charge < -0.3 is 10.0 Å². The van der Waals surface area contributed by atoms with E-state index in [2.05, 4.69) is 17.1 Å². The molecule has 2 aromatic carbocycles. The van der Waals surface area contributed by atoms with E-state index in [1.54, 1.807) is 12.1 Å². The van der Waals surface area contributed by atoms with E-state index in [0.29, 0.717) is 29.1 Å². The van der Waals surface area contributed by atoms with Crippen LogP contribution in [0.2, 0.25) is 0 Å². The van der Waals surface area contributed by atoms with Gasteiger partial charge in [0.15, 0.2) is 0 Å². The monoisotopic (exact) mass is 487 g/mol. The molecule has 1 saturated heterocycles. The lowest BCUT2D eigenvalue weighted by Gasteiger charge is -2.16. The summed E-state index contributed by atoms with van der Waals surface area (Å²) in [5, 5.41) is 9.68. The number of carboxylic acid groups (broad SMARTS) is 1. The predicted molar refractivity (Wildman–Crippen MR) is 131 cm³/mol. The highest BCUT2D eigenvalue weighted by Gasteiger charge is 2.47. The molecule has 35 heavy (non-hydrogen) atoms. The lowest BCUT2D eigenvalue weighted by molar-refractivity contribution is -0.141. The number of fused-ring (bicyclic) bond motifs is 1. The second-order valence-corrected chi connectivity index (χ2v) is 10.2. The van der Waals surface area contributed by atoms with Crippen LogP contribution in [0.15, 0.2) is 60.7 Å². The Morgan fingerprint density at radius 1 is 1.06 bits per heavy atom. The average Bonchev–Trinajstić information content (AvgIpc) is 3.33. The van der Waals surface area contributed by atoms with E-state index in [1.165, 1.54) is 27.9 Å². The van der Waals surface area contributed by atoms with Crippen LogP contribution in [-0.2, 0) is 10.2 Å². The fourth-order valence-corrected chi connectivity index (χ4v) is 5.89. The minimum absolute atomic E-state index is 0.0535. The van der Waals surface area contributed by atoms with E-state index in [1.807, 2.05) is 30.3 Å². The van der Waals surface area contributed by atoms with E-state index >= 15 is 4.39 Å². The van der Waals surface area contributed by atoms with Crippen molar-refractivity contribution in [3.8, 4) is 10.6 Å². The van der Waals surface area contributed by atoms with Crippen molar-refractivity contribution >= 4 is 33.6 Å². The topological polar surface area (TPSA) is 83.4 Å². The summed E-state index contributed by atoms with van der Waals surface area (Å²) in [4.78, 5) is 35.7. The molecule has 2 aromatic heterocycles. The smallest absolute Gasteiger partial charge is 0.308 e. The quantitative estimate of drug-likeness (QED) is 0.422. The van der Waals surface area contributed by atoms with Crippen molar-refractivity contribution in [2.75, 3.05) is 13.1 Å². The number of hydrogen-bond donors (Lipinski definition) is 1. The zero-order valence-electron chi connectivity index (χ0n) is 18.8. The lowest BCUT2D eigenvalue weighted by atomic mass is 9.92. The molecule has 1 N–H and O–H groups in total. The number of amides is 1. The molecule has 1 amide bonds. The number of rotatable bonds is 5. The number of carbonyl (C=O) groups is 2. The SMILES string of the molecule is O=C(O)[C@@H]1CCN(C(=O)c2ccc(-c3nc4ccc(C5(c6ccccc6)CC5)nc4s3)c(F)c2)C1. The first kappa shape index (κ1) is 21.9. The van der Waals surface area contributed by atoms with Crippen LogP contribution in [0.4, 0.5) is 4.39 Å². The Morgan fingerprint density at radius 3 is 2.54 bits per heavy atom. The Labute approximate surface area is 205 Å². The van der Waals surface area contributed by atoms with Gasteiger partial charge in [0.2, 0.25) is 0 Å². The van der Waals surface area contributed by atoms with Crippen molar-refractivity contribution in [1.29, 1.82) is 0 Å². The molecule has 6 nitrogen and oxygen atoms in total. The van der Waals surface area contributed by atoms with Gasteiger partial charge in [-0.1, -0.05) is 41.7 Å². The molecule has 176 valence electrons. The number of halogens is 1. The van der Waals surface area contributed by atoms with E-state index in [4.69, 9.17) is 10.1 Å². The fraction of sp³-hybridized carbons (Fsp3) is 0.259. The zero-order chi connectivity index (χ0) is 24.2. The first-order valence-corrected chi connectivity index (χ1v) is 12.4. The Hall–Kier alpha value is -3.65. The third-order valence-electron chi connectivity index (χ3n) is 7.09. The molecule has 0 spiro atoms. The molecule has 1 aliphatic heterocycles. The third-order valence-corrected chi connectivity index (χ3v) is 8.09. The molecule has 2 fully saturated rings. The molecule has 2 aliphatic rings. The maximum atomic E-state index is 15.1. The normalized spacial score (nSPS) is 18.7. The van der Waals surface area contributed by atoms with E-state index in [0.717, 1.165) is 23.4 Å². The highest BCUT2D eigenvalue weighted by molar-refractivity contribution is 7.21. The van der Waals surface area contributed by atoms with Gasteiger partial charge >= 0.3 is 5.97 Å². The highest BCUT2D eigenvalue weighted by atomic mass is 32.1. The van der Waals surface area contributed by atoms with Gasteiger partial charge in [0, 0.05) is 29.6 Å². The van der Waals surface area contributed by atoms with Crippen molar-refractivity contribution in [1.82, 2.24) is 14.9 Å². The molecule has 1 aliphatic carbocycles. The van der Waals surface area contributed by atoms with Crippen LogP contribution < -0.4 is 0 Å². The number of carboxylic acids is 1. The summed E-state index contributed by atoms with van der Waals surface area (Å²) >= 11 is 1.34. The van der Waals surface area contributed by atoms with Crippen molar-refractivity contribution in [2.45, 2.75) is 24.7 Å². The number of aliphatic carboxylic acids is 1. The molecule has 1 saturated carbocycles. The number of likely N-dealkylation sites (tertiary alicyclic amines) is 1. The van der Waals surface area contributed by atoms with Crippen LogP contribution >= 0.6 is 11.3 Å². The second-order valence-electron chi connectivity index (χ2n) is 9.26.